The summed E-state index contributed by atoms with van der Waals surface area (Å²) in [6.45, 7) is 12.3. The molecule has 0 saturated carbocycles. The predicted molar refractivity (Wildman–Crippen MR) is 87.2 cm³/mol. The minimum atomic E-state index is -0.172. The van der Waals surface area contributed by atoms with E-state index in [1.165, 1.54) is 0 Å². The molecular weight excluding hydrogens is 266 g/mol. The number of anilines is 1. The van der Waals surface area contributed by atoms with E-state index in [2.05, 4.69) is 29.4 Å². The highest BCUT2D eigenvalue weighted by Crippen LogP contribution is 2.21. The number of carbonyl (C=O) groups excluding carboxylic acids is 1. The second kappa shape index (κ2) is 9.23. The zero-order valence-electron chi connectivity index (χ0n) is 13.5. The third-order valence-corrected chi connectivity index (χ3v) is 3.37. The Balaban J connectivity index is 2.44. The van der Waals surface area contributed by atoms with Crippen molar-refractivity contribution in [2.24, 2.45) is 0 Å². The molecule has 0 radical (unpaired) electrons. The van der Waals surface area contributed by atoms with Gasteiger partial charge in [0, 0.05) is 18.8 Å². The fraction of sp³-hybridized carbons (Fsp3) is 0.562. The maximum atomic E-state index is 11.9. The molecule has 5 heteroatoms. The first-order valence-electron chi connectivity index (χ1n) is 7.61. The van der Waals surface area contributed by atoms with Gasteiger partial charge in [-0.3, -0.25) is 0 Å². The first-order valence-corrected chi connectivity index (χ1v) is 7.61. The van der Waals surface area contributed by atoms with Crippen molar-refractivity contribution >= 4 is 11.7 Å². The Labute approximate surface area is 127 Å². The van der Waals surface area contributed by atoms with E-state index in [0.717, 1.165) is 36.6 Å². The third kappa shape index (κ3) is 6.04. The molecule has 0 aliphatic rings. The number of likely N-dealkylation sites (N-methyl/N-ethyl adjacent to an activating group) is 1. The number of rotatable bonds is 8. The maximum absolute atomic E-state index is 11.9. The fourth-order valence-electron chi connectivity index (χ4n) is 2.07. The van der Waals surface area contributed by atoms with Gasteiger partial charge in [-0.15, -0.1) is 0 Å². The molecule has 0 bridgehead atoms. The van der Waals surface area contributed by atoms with Crippen LogP contribution in [0.15, 0.2) is 18.2 Å². The van der Waals surface area contributed by atoms with Crippen molar-refractivity contribution in [3.05, 3.63) is 23.8 Å². The second-order valence-electron chi connectivity index (χ2n) is 4.82. The number of amides is 2. The molecule has 0 aromatic heterocycles. The number of hydrogen-bond acceptors (Lipinski definition) is 3. The van der Waals surface area contributed by atoms with Gasteiger partial charge < -0.3 is 20.3 Å². The summed E-state index contributed by atoms with van der Waals surface area (Å²) < 4.78 is 5.43. The van der Waals surface area contributed by atoms with Crippen LogP contribution < -0.4 is 15.4 Å². The first kappa shape index (κ1) is 17.3. The zero-order chi connectivity index (χ0) is 15.7. The standard InChI is InChI=1S/C16H27N3O2/c1-5-19(6-2)11-10-17-16(20)18-15-9-8-14(21-7-3)12-13(15)4/h8-9,12H,5-7,10-11H2,1-4H3,(H2,17,18,20). The zero-order valence-corrected chi connectivity index (χ0v) is 13.5. The summed E-state index contributed by atoms with van der Waals surface area (Å²) in [5.41, 5.74) is 1.79. The second-order valence-corrected chi connectivity index (χ2v) is 4.82. The summed E-state index contributed by atoms with van der Waals surface area (Å²) in [7, 11) is 0. The van der Waals surface area contributed by atoms with Crippen LogP contribution in [-0.2, 0) is 0 Å². The summed E-state index contributed by atoms with van der Waals surface area (Å²) in [6, 6.07) is 5.48. The molecule has 0 spiro atoms. The Morgan fingerprint density at radius 3 is 2.52 bits per heavy atom. The topological polar surface area (TPSA) is 53.6 Å². The number of nitrogens with one attached hydrogen (secondary N) is 2. The number of hydrogen-bond donors (Lipinski definition) is 2. The summed E-state index contributed by atoms with van der Waals surface area (Å²) in [5.74, 6) is 0.822. The molecule has 0 aliphatic heterocycles. The number of carbonyl (C=O) groups is 1. The molecule has 1 aromatic carbocycles. The Morgan fingerprint density at radius 1 is 1.24 bits per heavy atom. The van der Waals surface area contributed by atoms with Crippen LogP contribution in [0.2, 0.25) is 0 Å². The normalized spacial score (nSPS) is 10.5. The van der Waals surface area contributed by atoms with Gasteiger partial charge in [0.15, 0.2) is 0 Å². The van der Waals surface area contributed by atoms with Crippen molar-refractivity contribution in [1.82, 2.24) is 10.2 Å². The van der Waals surface area contributed by atoms with Gasteiger partial charge in [0.2, 0.25) is 0 Å². The van der Waals surface area contributed by atoms with Gasteiger partial charge in [-0.25, -0.2) is 4.79 Å². The van der Waals surface area contributed by atoms with Crippen LogP contribution >= 0.6 is 0 Å². The molecule has 2 N–H and O–H groups in total. The van der Waals surface area contributed by atoms with Crippen LogP contribution in [0.4, 0.5) is 10.5 Å². The fourth-order valence-corrected chi connectivity index (χ4v) is 2.07. The SMILES string of the molecule is CCOc1ccc(NC(=O)NCCN(CC)CC)c(C)c1. The van der Waals surface area contributed by atoms with Crippen LogP contribution in [0.5, 0.6) is 5.75 Å². The van der Waals surface area contributed by atoms with Crippen molar-refractivity contribution in [1.29, 1.82) is 0 Å². The van der Waals surface area contributed by atoms with E-state index >= 15 is 0 Å². The summed E-state index contributed by atoms with van der Waals surface area (Å²) in [6.07, 6.45) is 0. The molecule has 5 nitrogen and oxygen atoms in total. The Hall–Kier alpha value is -1.75. The van der Waals surface area contributed by atoms with E-state index < -0.39 is 0 Å². The van der Waals surface area contributed by atoms with Gasteiger partial charge >= 0.3 is 6.03 Å². The van der Waals surface area contributed by atoms with Crippen molar-refractivity contribution in [3.63, 3.8) is 0 Å². The number of urea groups is 1. The predicted octanol–water partition coefficient (Wildman–Crippen LogP) is 2.86. The van der Waals surface area contributed by atoms with Crippen LogP contribution in [0.3, 0.4) is 0 Å². The van der Waals surface area contributed by atoms with Gasteiger partial charge in [-0.1, -0.05) is 13.8 Å². The lowest BCUT2D eigenvalue weighted by Crippen LogP contribution is -2.37. The van der Waals surface area contributed by atoms with E-state index in [9.17, 15) is 4.79 Å². The Bertz CT molecular complexity index is 445. The molecule has 0 heterocycles. The largest absolute Gasteiger partial charge is 0.494 e. The van der Waals surface area contributed by atoms with Gasteiger partial charge in [-0.05, 0) is 50.7 Å². The minimum Gasteiger partial charge on any atom is -0.494 e. The summed E-state index contributed by atoms with van der Waals surface area (Å²) in [5, 5.41) is 5.74. The molecule has 118 valence electrons. The van der Waals surface area contributed by atoms with E-state index in [1.54, 1.807) is 0 Å². The molecule has 2 amide bonds. The molecule has 0 saturated heterocycles. The van der Waals surface area contributed by atoms with E-state index in [-0.39, 0.29) is 6.03 Å². The van der Waals surface area contributed by atoms with E-state index in [0.29, 0.717) is 13.2 Å². The number of ether oxygens (including phenoxy) is 1. The van der Waals surface area contributed by atoms with Crippen molar-refractivity contribution in [2.75, 3.05) is 38.1 Å². The molecule has 1 aromatic rings. The summed E-state index contributed by atoms with van der Waals surface area (Å²) >= 11 is 0. The smallest absolute Gasteiger partial charge is 0.319 e. The lowest BCUT2D eigenvalue weighted by Gasteiger charge is -2.18. The maximum Gasteiger partial charge on any atom is 0.319 e. The van der Waals surface area contributed by atoms with Crippen molar-refractivity contribution < 1.29 is 9.53 Å². The number of benzene rings is 1. The van der Waals surface area contributed by atoms with Crippen molar-refractivity contribution in [3.8, 4) is 5.75 Å². The van der Waals surface area contributed by atoms with Gasteiger partial charge in [0.05, 0.1) is 6.61 Å². The highest BCUT2D eigenvalue weighted by atomic mass is 16.5. The molecule has 0 unspecified atom stereocenters. The lowest BCUT2D eigenvalue weighted by atomic mass is 10.2. The highest BCUT2D eigenvalue weighted by Gasteiger charge is 2.06. The monoisotopic (exact) mass is 293 g/mol. The minimum absolute atomic E-state index is 0.172. The third-order valence-electron chi connectivity index (χ3n) is 3.37. The highest BCUT2D eigenvalue weighted by molar-refractivity contribution is 5.90. The van der Waals surface area contributed by atoms with Crippen LogP contribution in [0, 0.1) is 6.92 Å². The average Bonchev–Trinajstić information content (AvgIpc) is 2.47. The average molecular weight is 293 g/mol. The Morgan fingerprint density at radius 2 is 1.95 bits per heavy atom. The van der Waals surface area contributed by atoms with E-state index in [1.807, 2.05) is 32.0 Å². The van der Waals surface area contributed by atoms with Crippen LogP contribution in [0.25, 0.3) is 0 Å². The lowest BCUT2D eigenvalue weighted by molar-refractivity contribution is 0.247. The molecule has 1 rings (SSSR count). The quantitative estimate of drug-likeness (QED) is 0.775. The molecule has 0 atom stereocenters. The summed E-state index contributed by atoms with van der Waals surface area (Å²) in [4.78, 5) is 14.1. The number of nitrogens with zero attached hydrogens (tertiary/aromatic N) is 1. The van der Waals surface area contributed by atoms with E-state index in [4.69, 9.17) is 4.74 Å². The van der Waals surface area contributed by atoms with Gasteiger partial charge in [-0.2, -0.15) is 0 Å². The Kier molecular flexibility index (Phi) is 7.61. The van der Waals surface area contributed by atoms with Crippen LogP contribution in [0.1, 0.15) is 26.3 Å². The first-order chi connectivity index (χ1) is 10.1. The molecule has 0 aliphatic carbocycles. The van der Waals surface area contributed by atoms with Crippen molar-refractivity contribution in [2.45, 2.75) is 27.7 Å². The van der Waals surface area contributed by atoms with Crippen LogP contribution in [-0.4, -0.2) is 43.7 Å². The number of aryl methyl sites for hydroxylation is 1. The van der Waals surface area contributed by atoms with Gasteiger partial charge in [0.25, 0.3) is 0 Å². The van der Waals surface area contributed by atoms with Gasteiger partial charge in [0.1, 0.15) is 5.75 Å². The molecular formula is C16H27N3O2. The molecule has 21 heavy (non-hydrogen) atoms. The molecule has 0 fully saturated rings.